The molecule has 33 heavy (non-hydrogen) atoms. The Bertz CT molecular complexity index is 1080. The number of esters is 2. The van der Waals surface area contributed by atoms with Gasteiger partial charge in [-0.2, -0.15) is 0 Å². The second kappa shape index (κ2) is 10.2. The molecule has 2 amide bonds. The van der Waals surface area contributed by atoms with Gasteiger partial charge in [-0.25, -0.2) is 4.79 Å². The van der Waals surface area contributed by atoms with Crippen LogP contribution in [-0.2, 0) is 41.7 Å². The van der Waals surface area contributed by atoms with Gasteiger partial charge in [0.1, 0.15) is 30.3 Å². The Morgan fingerprint density at radius 2 is 1.88 bits per heavy atom. The molecule has 2 atom stereocenters. The number of rotatable bonds is 8. The van der Waals surface area contributed by atoms with Crippen LogP contribution >= 0.6 is 23.1 Å². The van der Waals surface area contributed by atoms with Crippen molar-refractivity contribution in [2.45, 2.75) is 31.4 Å². The van der Waals surface area contributed by atoms with Gasteiger partial charge in [0.05, 0.1) is 6.42 Å². The molecule has 0 saturated carbocycles. The van der Waals surface area contributed by atoms with Crippen molar-refractivity contribution in [3.05, 3.63) is 69.6 Å². The van der Waals surface area contributed by atoms with Crippen molar-refractivity contribution in [2.75, 3.05) is 12.4 Å². The van der Waals surface area contributed by atoms with Crippen LogP contribution in [-0.4, -0.2) is 52.4 Å². The lowest BCUT2D eigenvalue weighted by molar-refractivity contribution is -0.153. The van der Waals surface area contributed by atoms with Crippen molar-refractivity contribution in [1.29, 1.82) is 0 Å². The van der Waals surface area contributed by atoms with Crippen molar-refractivity contribution < 1.29 is 28.7 Å². The Labute approximate surface area is 198 Å². The number of ether oxygens (including phenoxy) is 2. The number of hydrogen-bond donors (Lipinski definition) is 1. The summed E-state index contributed by atoms with van der Waals surface area (Å²) in [5, 5.41) is 4.24. The number of carbonyl (C=O) groups is 4. The number of thioether (sulfide) groups is 1. The average Bonchev–Trinajstić information content (AvgIpc) is 3.32. The number of amides is 2. The molecule has 1 aromatic carbocycles. The van der Waals surface area contributed by atoms with Crippen LogP contribution in [0.2, 0.25) is 0 Å². The number of benzene rings is 1. The molecule has 2 aromatic rings. The number of carbonyl (C=O) groups excluding carboxylic acids is 4. The minimum Gasteiger partial charge on any atom is -0.461 e. The molecule has 2 aliphatic heterocycles. The molecule has 10 heteroatoms. The van der Waals surface area contributed by atoms with Gasteiger partial charge in [0.25, 0.3) is 5.91 Å². The topological polar surface area (TPSA) is 102 Å². The Balaban J connectivity index is 1.47. The highest BCUT2D eigenvalue weighted by Gasteiger charge is 2.54. The molecule has 1 aromatic heterocycles. The first kappa shape index (κ1) is 23.1. The van der Waals surface area contributed by atoms with Gasteiger partial charge in [-0.05, 0) is 17.0 Å². The number of hydrogen-bond acceptors (Lipinski definition) is 8. The van der Waals surface area contributed by atoms with E-state index in [0.717, 1.165) is 10.4 Å². The summed E-state index contributed by atoms with van der Waals surface area (Å²) in [6.45, 7) is 1.22. The molecule has 4 rings (SSSR count). The first-order valence-corrected chi connectivity index (χ1v) is 12.2. The summed E-state index contributed by atoms with van der Waals surface area (Å²) in [4.78, 5) is 51.9. The maximum atomic E-state index is 13.0. The summed E-state index contributed by atoms with van der Waals surface area (Å²) in [6, 6.07) is 12.2. The predicted octanol–water partition coefficient (Wildman–Crippen LogP) is 2.25. The number of fused-ring (bicyclic) bond motifs is 1. The zero-order valence-corrected chi connectivity index (χ0v) is 19.4. The van der Waals surface area contributed by atoms with Gasteiger partial charge in [0.2, 0.25) is 5.91 Å². The normalized spacial score (nSPS) is 19.4. The van der Waals surface area contributed by atoms with E-state index < -0.39 is 29.3 Å². The Kier molecular flexibility index (Phi) is 7.14. The maximum absolute atomic E-state index is 13.0. The fraction of sp³-hybridized carbons (Fsp3) is 0.304. The van der Waals surface area contributed by atoms with Crippen LogP contribution in [0, 0.1) is 0 Å². The van der Waals surface area contributed by atoms with Gasteiger partial charge >= 0.3 is 11.9 Å². The lowest BCUT2D eigenvalue weighted by atomic mass is 10.0. The van der Waals surface area contributed by atoms with Gasteiger partial charge < -0.3 is 14.8 Å². The Hall–Kier alpha value is -3.11. The average molecular weight is 487 g/mol. The summed E-state index contributed by atoms with van der Waals surface area (Å²) in [6.07, 6.45) is 0.193. The SMILES string of the molecule is CC(=O)OCC1=C(C(=O)OCc2ccccc2)N2C(=O)C(NC(=O)Cc3cccs3)C2SC1. The number of nitrogens with one attached hydrogen (secondary N) is 1. The van der Waals surface area contributed by atoms with E-state index in [-0.39, 0.29) is 31.2 Å². The van der Waals surface area contributed by atoms with Gasteiger partial charge in [0, 0.05) is 23.1 Å². The maximum Gasteiger partial charge on any atom is 0.355 e. The van der Waals surface area contributed by atoms with Crippen LogP contribution in [0.5, 0.6) is 0 Å². The minimum atomic E-state index is -0.727. The second-order valence-electron chi connectivity index (χ2n) is 7.51. The molecule has 8 nitrogen and oxygen atoms in total. The van der Waals surface area contributed by atoms with Crippen molar-refractivity contribution >= 4 is 46.9 Å². The van der Waals surface area contributed by atoms with E-state index in [4.69, 9.17) is 9.47 Å². The first-order valence-electron chi connectivity index (χ1n) is 10.3. The molecule has 2 unspecified atom stereocenters. The fourth-order valence-electron chi connectivity index (χ4n) is 3.56. The summed E-state index contributed by atoms with van der Waals surface area (Å²) in [7, 11) is 0. The zero-order chi connectivity index (χ0) is 23.4. The van der Waals surface area contributed by atoms with Gasteiger partial charge in [-0.1, -0.05) is 36.4 Å². The van der Waals surface area contributed by atoms with Crippen LogP contribution in [0.25, 0.3) is 0 Å². The molecule has 2 aliphatic rings. The van der Waals surface area contributed by atoms with Crippen molar-refractivity contribution in [3.63, 3.8) is 0 Å². The van der Waals surface area contributed by atoms with Crippen LogP contribution < -0.4 is 5.32 Å². The van der Waals surface area contributed by atoms with E-state index in [1.165, 1.54) is 34.9 Å². The van der Waals surface area contributed by atoms with Gasteiger partial charge in [-0.3, -0.25) is 19.3 Å². The van der Waals surface area contributed by atoms with E-state index >= 15 is 0 Å². The van der Waals surface area contributed by atoms with E-state index in [0.29, 0.717) is 11.3 Å². The van der Waals surface area contributed by atoms with E-state index in [9.17, 15) is 19.2 Å². The van der Waals surface area contributed by atoms with E-state index in [2.05, 4.69) is 5.32 Å². The van der Waals surface area contributed by atoms with Crippen LogP contribution in [0.15, 0.2) is 59.1 Å². The first-order chi connectivity index (χ1) is 15.9. The monoisotopic (exact) mass is 486 g/mol. The fourth-order valence-corrected chi connectivity index (χ4v) is 5.59. The van der Waals surface area contributed by atoms with Gasteiger partial charge in [0.15, 0.2) is 0 Å². The number of β-lactam (4-membered cyclic amide) rings is 1. The Morgan fingerprint density at radius 3 is 2.58 bits per heavy atom. The molecule has 0 radical (unpaired) electrons. The smallest absolute Gasteiger partial charge is 0.355 e. The van der Waals surface area contributed by atoms with E-state index in [1.54, 1.807) is 0 Å². The zero-order valence-electron chi connectivity index (χ0n) is 17.8. The summed E-state index contributed by atoms with van der Waals surface area (Å²) in [5.41, 5.74) is 1.40. The third kappa shape index (κ3) is 5.28. The largest absolute Gasteiger partial charge is 0.461 e. The van der Waals surface area contributed by atoms with Crippen molar-refractivity contribution in [3.8, 4) is 0 Å². The third-order valence-corrected chi connectivity index (χ3v) is 7.35. The minimum absolute atomic E-state index is 0.0465. The molecule has 0 spiro atoms. The molecule has 1 N–H and O–H groups in total. The summed E-state index contributed by atoms with van der Waals surface area (Å²) >= 11 is 2.88. The third-order valence-electron chi connectivity index (χ3n) is 5.13. The summed E-state index contributed by atoms with van der Waals surface area (Å²) < 4.78 is 10.6. The van der Waals surface area contributed by atoms with Crippen LogP contribution in [0.1, 0.15) is 17.4 Å². The van der Waals surface area contributed by atoms with Crippen molar-refractivity contribution in [1.82, 2.24) is 10.2 Å². The van der Waals surface area contributed by atoms with E-state index in [1.807, 2.05) is 47.8 Å². The number of nitrogens with zero attached hydrogens (tertiary/aromatic N) is 1. The lowest BCUT2D eigenvalue weighted by Crippen LogP contribution is -2.70. The molecule has 0 aliphatic carbocycles. The number of thiophene rings is 1. The molecule has 0 bridgehead atoms. The second-order valence-corrected chi connectivity index (χ2v) is 9.64. The molecule has 1 fully saturated rings. The predicted molar refractivity (Wildman–Crippen MR) is 123 cm³/mol. The molecular formula is C23H22N2O6S2. The lowest BCUT2D eigenvalue weighted by Gasteiger charge is -2.49. The molecular weight excluding hydrogens is 464 g/mol. The standard InChI is InChI=1S/C23H22N2O6S2/c1-14(26)30-12-16-13-33-22-19(24-18(27)10-17-8-5-9-32-17)21(28)25(22)20(16)23(29)31-11-15-6-3-2-4-7-15/h2-9,19,22H,10-13H2,1H3,(H,24,27). The van der Waals surface area contributed by atoms with Crippen LogP contribution in [0.4, 0.5) is 0 Å². The highest BCUT2D eigenvalue weighted by atomic mass is 32.2. The summed E-state index contributed by atoms with van der Waals surface area (Å²) in [5.74, 6) is -1.42. The quantitative estimate of drug-likeness (QED) is 0.451. The highest BCUT2D eigenvalue weighted by molar-refractivity contribution is 8.00. The Morgan fingerprint density at radius 1 is 1.09 bits per heavy atom. The molecule has 3 heterocycles. The molecule has 172 valence electrons. The van der Waals surface area contributed by atoms with Crippen LogP contribution in [0.3, 0.4) is 0 Å². The molecule has 1 saturated heterocycles. The van der Waals surface area contributed by atoms with Crippen molar-refractivity contribution in [2.24, 2.45) is 0 Å². The highest BCUT2D eigenvalue weighted by Crippen LogP contribution is 2.40. The van der Waals surface area contributed by atoms with Gasteiger partial charge in [-0.15, -0.1) is 23.1 Å².